The quantitative estimate of drug-likeness (QED) is 0.308. The van der Waals surface area contributed by atoms with Gasteiger partial charge in [0.1, 0.15) is 11.3 Å². The van der Waals surface area contributed by atoms with Gasteiger partial charge in [-0.15, -0.1) is 0 Å². The summed E-state index contributed by atoms with van der Waals surface area (Å²) in [6, 6.07) is 8.83. The number of carbonyl (C=O) groups is 2. The summed E-state index contributed by atoms with van der Waals surface area (Å²) >= 11 is 13.1. The van der Waals surface area contributed by atoms with Crippen molar-refractivity contribution in [3.05, 3.63) is 56.1 Å². The maximum absolute atomic E-state index is 12.2. The van der Waals surface area contributed by atoms with Crippen molar-refractivity contribution in [2.75, 3.05) is 5.32 Å². The molecule has 0 saturated heterocycles. The first-order chi connectivity index (χ1) is 11.3. The van der Waals surface area contributed by atoms with Gasteiger partial charge < -0.3 is 15.5 Å². The molecule has 6 nitrogen and oxygen atoms in total. The zero-order valence-electron chi connectivity index (χ0n) is 11.8. The van der Waals surface area contributed by atoms with Gasteiger partial charge in [0.15, 0.2) is 5.11 Å². The van der Waals surface area contributed by atoms with Crippen LogP contribution < -0.4 is 10.6 Å². The lowest BCUT2D eigenvalue weighted by Crippen LogP contribution is -2.34. The van der Waals surface area contributed by atoms with E-state index in [2.05, 4.69) is 33.2 Å². The van der Waals surface area contributed by atoms with Crippen LogP contribution in [0.25, 0.3) is 0 Å². The molecule has 0 aliphatic heterocycles. The molecule has 2 rings (SSSR count). The number of halogens is 2. The summed E-state index contributed by atoms with van der Waals surface area (Å²) in [6.07, 6.45) is 0. The number of carboxylic acid groups (broad SMARTS) is 1. The molecule has 0 saturated carbocycles. The third-order valence-electron chi connectivity index (χ3n) is 2.88. The number of carboxylic acids is 1. The van der Waals surface area contributed by atoms with Crippen LogP contribution in [-0.2, 0) is 0 Å². The van der Waals surface area contributed by atoms with Gasteiger partial charge in [0.2, 0.25) is 0 Å². The van der Waals surface area contributed by atoms with Crippen LogP contribution >= 0.6 is 46.4 Å². The molecule has 2 aromatic carbocycles. The highest BCUT2D eigenvalue weighted by atomic mass is 127. The highest BCUT2D eigenvalue weighted by Crippen LogP contribution is 2.22. The van der Waals surface area contributed by atoms with Crippen LogP contribution in [0.5, 0.6) is 5.75 Å². The first-order valence-electron chi connectivity index (χ1n) is 6.41. The fourth-order valence-corrected chi connectivity index (χ4v) is 2.69. The first kappa shape index (κ1) is 18.4. The Bertz CT molecular complexity index is 844. The number of phenols is 1. The van der Waals surface area contributed by atoms with Gasteiger partial charge in [0.25, 0.3) is 5.91 Å². The number of amides is 1. The predicted octanol–water partition coefficient (Wildman–Crippen LogP) is 3.48. The molecular weight excluding hydrogens is 467 g/mol. The molecule has 0 radical (unpaired) electrons. The lowest BCUT2D eigenvalue weighted by Gasteiger charge is -2.11. The Morgan fingerprint density at radius 3 is 2.50 bits per heavy atom. The van der Waals surface area contributed by atoms with Crippen molar-refractivity contribution in [1.82, 2.24) is 5.32 Å². The van der Waals surface area contributed by atoms with E-state index in [4.69, 9.17) is 28.9 Å². The molecule has 0 unspecified atom stereocenters. The summed E-state index contributed by atoms with van der Waals surface area (Å²) in [5.41, 5.74) is 0.295. The van der Waals surface area contributed by atoms with E-state index in [-0.39, 0.29) is 27.0 Å². The smallest absolute Gasteiger partial charge is 0.339 e. The molecule has 9 heteroatoms. The second-order valence-corrected chi connectivity index (χ2v) is 6.63. The van der Waals surface area contributed by atoms with E-state index in [1.165, 1.54) is 18.2 Å². The Hall–Kier alpha value is -1.91. The van der Waals surface area contributed by atoms with E-state index in [1.54, 1.807) is 18.2 Å². The fraction of sp³-hybridized carbons (Fsp3) is 0. The largest absolute Gasteiger partial charge is 0.507 e. The van der Waals surface area contributed by atoms with Gasteiger partial charge in [0.05, 0.1) is 10.6 Å². The molecule has 24 heavy (non-hydrogen) atoms. The van der Waals surface area contributed by atoms with Crippen molar-refractivity contribution >= 4 is 69.1 Å². The summed E-state index contributed by atoms with van der Waals surface area (Å²) in [5, 5.41) is 23.8. The van der Waals surface area contributed by atoms with E-state index in [9.17, 15) is 14.7 Å². The van der Waals surface area contributed by atoms with Crippen molar-refractivity contribution in [1.29, 1.82) is 0 Å². The minimum absolute atomic E-state index is 0.0306. The van der Waals surface area contributed by atoms with E-state index in [1.807, 2.05) is 0 Å². The average molecular weight is 477 g/mol. The number of nitrogens with one attached hydrogen (secondary N) is 2. The summed E-state index contributed by atoms with van der Waals surface area (Å²) in [7, 11) is 0. The van der Waals surface area contributed by atoms with Gasteiger partial charge >= 0.3 is 5.97 Å². The van der Waals surface area contributed by atoms with Gasteiger partial charge in [-0.2, -0.15) is 0 Å². The molecule has 4 N–H and O–H groups in total. The van der Waals surface area contributed by atoms with Gasteiger partial charge in [-0.1, -0.05) is 11.6 Å². The van der Waals surface area contributed by atoms with E-state index >= 15 is 0 Å². The number of carbonyl (C=O) groups excluding carboxylic acids is 1. The molecule has 0 aliphatic carbocycles. The van der Waals surface area contributed by atoms with E-state index in [0.717, 1.165) is 3.57 Å². The Balaban J connectivity index is 2.11. The minimum Gasteiger partial charge on any atom is -0.507 e. The molecule has 0 heterocycles. The van der Waals surface area contributed by atoms with E-state index < -0.39 is 11.9 Å². The zero-order chi connectivity index (χ0) is 17.9. The minimum atomic E-state index is -1.28. The highest BCUT2D eigenvalue weighted by molar-refractivity contribution is 14.1. The lowest BCUT2D eigenvalue weighted by atomic mass is 10.2. The number of rotatable bonds is 3. The summed E-state index contributed by atoms with van der Waals surface area (Å²) in [6.45, 7) is 0. The average Bonchev–Trinajstić information content (AvgIpc) is 2.51. The maximum atomic E-state index is 12.2. The molecule has 2 aromatic rings. The highest BCUT2D eigenvalue weighted by Gasteiger charge is 2.14. The van der Waals surface area contributed by atoms with Crippen molar-refractivity contribution in [2.24, 2.45) is 0 Å². The number of thiocarbonyl (C=S) groups is 1. The van der Waals surface area contributed by atoms with Gasteiger partial charge in [0, 0.05) is 9.26 Å². The van der Waals surface area contributed by atoms with Crippen molar-refractivity contribution in [3.8, 4) is 5.75 Å². The first-order valence-corrected chi connectivity index (χ1v) is 8.28. The second kappa shape index (κ2) is 7.77. The fourth-order valence-electron chi connectivity index (χ4n) is 1.79. The number of hydrogen-bond donors (Lipinski definition) is 4. The van der Waals surface area contributed by atoms with Crippen LogP contribution in [0, 0.1) is 3.57 Å². The molecule has 0 aromatic heterocycles. The van der Waals surface area contributed by atoms with Crippen LogP contribution in [0.2, 0.25) is 5.02 Å². The van der Waals surface area contributed by atoms with Crippen LogP contribution in [0.4, 0.5) is 5.69 Å². The summed E-state index contributed by atoms with van der Waals surface area (Å²) in [4.78, 5) is 23.2. The molecule has 0 atom stereocenters. The number of anilines is 1. The maximum Gasteiger partial charge on any atom is 0.339 e. The van der Waals surface area contributed by atoms with Crippen LogP contribution in [0.1, 0.15) is 20.7 Å². The van der Waals surface area contributed by atoms with Gasteiger partial charge in [-0.3, -0.25) is 10.1 Å². The van der Waals surface area contributed by atoms with Crippen molar-refractivity contribution in [3.63, 3.8) is 0 Å². The van der Waals surface area contributed by atoms with Gasteiger partial charge in [-0.05, 0) is 71.2 Å². The molecule has 0 spiro atoms. The Kier molecular flexibility index (Phi) is 5.97. The van der Waals surface area contributed by atoms with Crippen molar-refractivity contribution in [2.45, 2.75) is 0 Å². The zero-order valence-corrected chi connectivity index (χ0v) is 15.6. The number of benzene rings is 2. The third-order valence-corrected chi connectivity index (χ3v) is 4.09. The second-order valence-electron chi connectivity index (χ2n) is 4.57. The summed E-state index contributed by atoms with van der Waals surface area (Å²) < 4.78 is 0.839. The molecule has 1 amide bonds. The topological polar surface area (TPSA) is 98.7 Å². The molecule has 124 valence electrons. The normalized spacial score (nSPS) is 10.1. The Morgan fingerprint density at radius 2 is 1.83 bits per heavy atom. The van der Waals surface area contributed by atoms with Crippen LogP contribution in [-0.4, -0.2) is 27.2 Å². The standard InChI is InChI=1S/C15H10ClIN2O4S/c16-11-3-1-7(17)5-9(11)13(21)19-15(24)18-8-2-4-12(20)10(6-8)14(22)23/h1-6,20H,(H,22,23)(H2,18,19,21,24). The predicted molar refractivity (Wildman–Crippen MR) is 103 cm³/mol. The molecule has 0 fully saturated rings. The third kappa shape index (κ3) is 4.56. The summed E-state index contributed by atoms with van der Waals surface area (Å²) in [5.74, 6) is -2.14. The van der Waals surface area contributed by atoms with Crippen molar-refractivity contribution < 1.29 is 19.8 Å². The number of aromatic carboxylic acids is 1. The lowest BCUT2D eigenvalue weighted by molar-refractivity contribution is 0.0693. The number of hydrogen-bond acceptors (Lipinski definition) is 4. The van der Waals surface area contributed by atoms with Gasteiger partial charge in [-0.25, -0.2) is 4.79 Å². The SMILES string of the molecule is O=C(O)c1cc(NC(=S)NC(=O)c2cc(I)ccc2Cl)ccc1O. The molecule has 0 bridgehead atoms. The Morgan fingerprint density at radius 1 is 1.12 bits per heavy atom. The molecular formula is C15H10ClIN2O4S. The van der Waals surface area contributed by atoms with Crippen LogP contribution in [0.3, 0.4) is 0 Å². The monoisotopic (exact) mass is 476 g/mol. The van der Waals surface area contributed by atoms with E-state index in [0.29, 0.717) is 5.69 Å². The molecule has 0 aliphatic rings. The number of aromatic hydroxyl groups is 1. The Labute approximate surface area is 161 Å². The van der Waals surface area contributed by atoms with Crippen LogP contribution in [0.15, 0.2) is 36.4 Å².